The molecule has 0 aliphatic heterocycles. The zero-order valence-electron chi connectivity index (χ0n) is 12.9. The summed E-state index contributed by atoms with van der Waals surface area (Å²) in [5, 5.41) is 5.82. The molecule has 110 valence electrons. The highest BCUT2D eigenvalue weighted by Crippen LogP contribution is 2.27. The molecule has 2 atom stereocenters. The Morgan fingerprint density at radius 2 is 2.15 bits per heavy atom. The van der Waals surface area contributed by atoms with Crippen molar-refractivity contribution in [2.24, 2.45) is 5.92 Å². The third-order valence-electron chi connectivity index (χ3n) is 3.79. The normalized spacial score (nSPS) is 14.6. The van der Waals surface area contributed by atoms with Gasteiger partial charge in [-0.05, 0) is 48.4 Å². The van der Waals surface area contributed by atoms with E-state index in [1.165, 1.54) is 35.9 Å². The van der Waals surface area contributed by atoms with Gasteiger partial charge in [-0.3, -0.25) is 4.98 Å². The van der Waals surface area contributed by atoms with E-state index < -0.39 is 0 Å². The SMILES string of the molecule is CCCNC(CC(C)CCC)c1cnc2ccsc2c1. The topological polar surface area (TPSA) is 24.9 Å². The molecule has 0 bridgehead atoms. The number of rotatable bonds is 8. The van der Waals surface area contributed by atoms with E-state index in [0.717, 1.165) is 18.0 Å². The van der Waals surface area contributed by atoms with Gasteiger partial charge in [-0.2, -0.15) is 0 Å². The average Bonchev–Trinajstić information content (AvgIpc) is 2.91. The van der Waals surface area contributed by atoms with Crippen LogP contribution in [0.5, 0.6) is 0 Å². The standard InChI is InChI=1S/C17H26N2S/c1-4-6-13(3)10-16(18-8-5-2)14-11-17-15(19-12-14)7-9-20-17/h7,9,11-13,16,18H,4-6,8,10H2,1-3H3. The quantitative estimate of drug-likeness (QED) is 0.726. The van der Waals surface area contributed by atoms with Gasteiger partial charge < -0.3 is 5.32 Å². The van der Waals surface area contributed by atoms with Gasteiger partial charge in [-0.1, -0.05) is 33.6 Å². The minimum atomic E-state index is 0.440. The van der Waals surface area contributed by atoms with E-state index in [2.05, 4.69) is 54.8 Å². The first-order valence-corrected chi connectivity index (χ1v) is 8.69. The molecule has 0 aromatic carbocycles. The van der Waals surface area contributed by atoms with Crippen LogP contribution in [0.15, 0.2) is 23.7 Å². The second-order valence-corrected chi connectivity index (χ2v) is 6.66. The molecule has 0 spiro atoms. The van der Waals surface area contributed by atoms with Crippen LogP contribution in [-0.4, -0.2) is 11.5 Å². The van der Waals surface area contributed by atoms with Gasteiger partial charge in [0.25, 0.3) is 0 Å². The molecule has 2 rings (SSSR count). The Labute approximate surface area is 126 Å². The molecule has 0 fully saturated rings. The van der Waals surface area contributed by atoms with Gasteiger partial charge in [-0.15, -0.1) is 11.3 Å². The van der Waals surface area contributed by atoms with E-state index >= 15 is 0 Å². The number of fused-ring (bicyclic) bond motifs is 1. The number of thiophene rings is 1. The number of hydrogen-bond donors (Lipinski definition) is 1. The van der Waals surface area contributed by atoms with Gasteiger partial charge in [0, 0.05) is 12.2 Å². The Morgan fingerprint density at radius 1 is 1.30 bits per heavy atom. The van der Waals surface area contributed by atoms with Crippen molar-refractivity contribution in [2.45, 2.75) is 52.5 Å². The highest BCUT2D eigenvalue weighted by atomic mass is 32.1. The maximum Gasteiger partial charge on any atom is 0.0809 e. The smallest absolute Gasteiger partial charge is 0.0809 e. The fourth-order valence-electron chi connectivity index (χ4n) is 2.72. The molecule has 0 aliphatic rings. The van der Waals surface area contributed by atoms with Crippen molar-refractivity contribution in [1.82, 2.24) is 10.3 Å². The van der Waals surface area contributed by atoms with Crippen LogP contribution in [0.4, 0.5) is 0 Å². The molecular formula is C17H26N2S. The Hall–Kier alpha value is -0.930. The zero-order chi connectivity index (χ0) is 14.4. The van der Waals surface area contributed by atoms with Crippen molar-refractivity contribution in [3.05, 3.63) is 29.3 Å². The van der Waals surface area contributed by atoms with Gasteiger partial charge >= 0.3 is 0 Å². The van der Waals surface area contributed by atoms with Gasteiger partial charge in [0.1, 0.15) is 0 Å². The van der Waals surface area contributed by atoms with E-state index in [9.17, 15) is 0 Å². The Balaban J connectivity index is 2.15. The maximum absolute atomic E-state index is 4.59. The van der Waals surface area contributed by atoms with Gasteiger partial charge in [0.05, 0.1) is 10.2 Å². The molecule has 2 heterocycles. The first-order chi connectivity index (χ1) is 9.74. The summed E-state index contributed by atoms with van der Waals surface area (Å²) in [5.74, 6) is 0.758. The number of nitrogens with one attached hydrogen (secondary N) is 1. The van der Waals surface area contributed by atoms with E-state index in [1.54, 1.807) is 11.3 Å². The van der Waals surface area contributed by atoms with E-state index in [4.69, 9.17) is 0 Å². The maximum atomic E-state index is 4.59. The number of hydrogen-bond acceptors (Lipinski definition) is 3. The molecule has 0 radical (unpaired) electrons. The second kappa shape index (κ2) is 7.75. The van der Waals surface area contributed by atoms with E-state index in [1.807, 2.05) is 0 Å². The number of aromatic nitrogens is 1. The largest absolute Gasteiger partial charge is 0.310 e. The molecular weight excluding hydrogens is 264 g/mol. The van der Waals surface area contributed by atoms with Crippen molar-refractivity contribution in [3.63, 3.8) is 0 Å². The van der Waals surface area contributed by atoms with Crippen LogP contribution in [0.3, 0.4) is 0 Å². The molecule has 2 aromatic heterocycles. The molecule has 0 aliphatic carbocycles. The highest BCUT2D eigenvalue weighted by molar-refractivity contribution is 7.17. The summed E-state index contributed by atoms with van der Waals surface area (Å²) in [4.78, 5) is 4.59. The zero-order valence-corrected chi connectivity index (χ0v) is 13.7. The van der Waals surface area contributed by atoms with Crippen LogP contribution in [-0.2, 0) is 0 Å². The minimum absolute atomic E-state index is 0.440. The Bertz CT molecular complexity index is 520. The molecule has 1 N–H and O–H groups in total. The number of nitrogens with zero attached hydrogens (tertiary/aromatic N) is 1. The summed E-state index contributed by atoms with van der Waals surface area (Å²) in [6, 6.07) is 4.85. The Kier molecular flexibility index (Phi) is 5.99. The summed E-state index contributed by atoms with van der Waals surface area (Å²) < 4.78 is 1.30. The molecule has 0 saturated carbocycles. The fourth-order valence-corrected chi connectivity index (χ4v) is 3.51. The van der Waals surface area contributed by atoms with Crippen LogP contribution < -0.4 is 5.32 Å². The first-order valence-electron chi connectivity index (χ1n) is 7.81. The molecule has 20 heavy (non-hydrogen) atoms. The molecule has 2 unspecified atom stereocenters. The summed E-state index contributed by atoms with van der Waals surface area (Å²) in [6.07, 6.45) is 7.00. The van der Waals surface area contributed by atoms with Crippen LogP contribution in [0.2, 0.25) is 0 Å². The van der Waals surface area contributed by atoms with Crippen molar-refractivity contribution >= 4 is 21.6 Å². The van der Waals surface area contributed by atoms with Gasteiger partial charge in [0.15, 0.2) is 0 Å². The molecule has 0 amide bonds. The highest BCUT2D eigenvalue weighted by Gasteiger charge is 2.15. The van der Waals surface area contributed by atoms with E-state index in [0.29, 0.717) is 6.04 Å². The minimum Gasteiger partial charge on any atom is -0.310 e. The monoisotopic (exact) mass is 290 g/mol. The lowest BCUT2D eigenvalue weighted by Gasteiger charge is -2.22. The average molecular weight is 290 g/mol. The van der Waals surface area contributed by atoms with Crippen LogP contribution in [0.1, 0.15) is 58.1 Å². The van der Waals surface area contributed by atoms with Gasteiger partial charge in [-0.25, -0.2) is 0 Å². The molecule has 2 nitrogen and oxygen atoms in total. The predicted molar refractivity (Wildman–Crippen MR) is 89.3 cm³/mol. The Morgan fingerprint density at radius 3 is 2.90 bits per heavy atom. The lowest BCUT2D eigenvalue weighted by atomic mass is 9.93. The third-order valence-corrected chi connectivity index (χ3v) is 4.64. The van der Waals surface area contributed by atoms with Crippen LogP contribution in [0.25, 0.3) is 10.2 Å². The van der Waals surface area contributed by atoms with Crippen molar-refractivity contribution in [3.8, 4) is 0 Å². The third kappa shape index (κ3) is 4.03. The van der Waals surface area contributed by atoms with Crippen molar-refractivity contribution in [2.75, 3.05) is 6.54 Å². The summed E-state index contributed by atoms with van der Waals surface area (Å²) in [5.41, 5.74) is 2.46. The van der Waals surface area contributed by atoms with Crippen LogP contribution >= 0.6 is 11.3 Å². The fraction of sp³-hybridized carbons (Fsp3) is 0.588. The lowest BCUT2D eigenvalue weighted by Crippen LogP contribution is -2.24. The number of pyridine rings is 1. The molecule has 3 heteroatoms. The second-order valence-electron chi connectivity index (χ2n) is 5.71. The van der Waals surface area contributed by atoms with Gasteiger partial charge in [0.2, 0.25) is 0 Å². The summed E-state index contributed by atoms with van der Waals surface area (Å²) >= 11 is 1.78. The predicted octanol–water partition coefficient (Wildman–Crippen LogP) is 5.16. The van der Waals surface area contributed by atoms with Crippen molar-refractivity contribution < 1.29 is 0 Å². The van der Waals surface area contributed by atoms with Crippen LogP contribution in [0, 0.1) is 5.92 Å². The molecule has 2 aromatic rings. The molecule has 0 saturated heterocycles. The lowest BCUT2D eigenvalue weighted by molar-refractivity contribution is 0.390. The summed E-state index contributed by atoms with van der Waals surface area (Å²) in [7, 11) is 0. The first kappa shape index (κ1) is 15.5. The van der Waals surface area contributed by atoms with Crippen molar-refractivity contribution in [1.29, 1.82) is 0 Å². The summed E-state index contributed by atoms with van der Waals surface area (Å²) in [6.45, 7) is 7.93. The van der Waals surface area contributed by atoms with E-state index in [-0.39, 0.29) is 0 Å².